The van der Waals surface area contributed by atoms with E-state index in [0.29, 0.717) is 17.5 Å². The summed E-state index contributed by atoms with van der Waals surface area (Å²) in [7, 11) is -1.19. The zero-order valence-corrected chi connectivity index (χ0v) is 28.4. The van der Waals surface area contributed by atoms with Gasteiger partial charge >= 0.3 is 0 Å². The van der Waals surface area contributed by atoms with Gasteiger partial charge in [-0.1, -0.05) is 121 Å². The Bertz CT molecular complexity index is 2790. The van der Waals surface area contributed by atoms with Gasteiger partial charge in [-0.3, -0.25) is 0 Å². The number of nitrogens with zero attached hydrogens (tertiary/aromatic N) is 3. The van der Waals surface area contributed by atoms with Gasteiger partial charge in [0.05, 0.1) is 0 Å². The molecular weight excluding hydrogens is 631 g/mol. The molecule has 4 nitrogen and oxygen atoms in total. The van der Waals surface area contributed by atoms with E-state index < -0.39 is 10.0 Å². The van der Waals surface area contributed by atoms with Crippen molar-refractivity contribution in [1.29, 1.82) is 0 Å². The van der Waals surface area contributed by atoms with Crippen LogP contribution in [0.3, 0.4) is 0 Å². The smallest absolute Gasteiger partial charge is 0.164 e. The number of benzene rings is 7. The molecule has 0 fully saturated rings. The first-order chi connectivity index (χ1) is 24.5. The summed E-state index contributed by atoms with van der Waals surface area (Å²) in [6.07, 6.45) is 4.76. The van der Waals surface area contributed by atoms with Crippen molar-refractivity contribution in [2.45, 2.75) is 9.79 Å². The molecule has 238 valence electrons. The lowest BCUT2D eigenvalue weighted by atomic mass is 9.97. The molecule has 0 spiro atoms. The predicted molar refractivity (Wildman–Crippen MR) is 208 cm³/mol. The molecule has 0 unspecified atom stereocenters. The predicted octanol–water partition coefficient (Wildman–Crippen LogP) is 12.1. The molecule has 9 aromatic rings. The van der Waals surface area contributed by atoms with Crippen molar-refractivity contribution >= 4 is 42.7 Å². The fourth-order valence-electron chi connectivity index (χ4n) is 7.55. The summed E-state index contributed by atoms with van der Waals surface area (Å²) < 4.78 is 6.28. The molecule has 0 saturated heterocycles. The van der Waals surface area contributed by atoms with Crippen LogP contribution in [-0.4, -0.2) is 27.5 Å². The molecule has 0 bridgehead atoms. The normalized spacial score (nSPS) is 13.8. The fraction of sp³-hybridized carbons (Fsp3) is 0.0444. The Balaban J connectivity index is 1.16. The molecule has 0 saturated carbocycles. The maximum absolute atomic E-state index is 6.28. The standard InChI is InChI=1S/C45H31N3OS/c1-50(2)40-19-8-6-15-36(40)42-37(17-10-20-41(42)50)45-47-43(30-23-21-29(22-24-30)33-16-9-12-28-11-3-4-13-32(28)33)46-44(48-45)31-25-26-35-34-14-5-7-18-38(34)49-39(35)27-31/h3-27H,1-2H3. The average Bonchev–Trinajstić information content (AvgIpc) is 3.66. The van der Waals surface area contributed by atoms with Crippen LogP contribution in [0.1, 0.15) is 0 Å². The van der Waals surface area contributed by atoms with Crippen LogP contribution in [0.2, 0.25) is 0 Å². The van der Waals surface area contributed by atoms with Crippen LogP contribution in [0.4, 0.5) is 0 Å². The quantitative estimate of drug-likeness (QED) is 0.188. The van der Waals surface area contributed by atoms with Gasteiger partial charge in [-0.15, -0.1) is 0 Å². The Morgan fingerprint density at radius 2 is 1.00 bits per heavy atom. The summed E-state index contributed by atoms with van der Waals surface area (Å²) in [5.41, 5.74) is 9.37. The summed E-state index contributed by atoms with van der Waals surface area (Å²) in [4.78, 5) is 18.3. The highest BCUT2D eigenvalue weighted by Gasteiger charge is 2.34. The molecule has 0 aliphatic carbocycles. The molecule has 0 radical (unpaired) electrons. The zero-order valence-electron chi connectivity index (χ0n) is 27.6. The van der Waals surface area contributed by atoms with E-state index in [1.165, 1.54) is 37.3 Å². The summed E-state index contributed by atoms with van der Waals surface area (Å²) in [5, 5.41) is 4.63. The van der Waals surface area contributed by atoms with Gasteiger partial charge in [-0.2, -0.15) is 10.0 Å². The zero-order chi connectivity index (χ0) is 33.4. The van der Waals surface area contributed by atoms with E-state index in [4.69, 9.17) is 19.4 Å². The first-order valence-corrected chi connectivity index (χ1v) is 19.2. The van der Waals surface area contributed by atoms with Crippen LogP contribution in [0, 0.1) is 0 Å². The maximum Gasteiger partial charge on any atom is 0.164 e. The Labute approximate surface area is 291 Å². The van der Waals surface area contributed by atoms with E-state index in [1.54, 1.807) is 0 Å². The molecule has 0 amide bonds. The number of furan rings is 1. The summed E-state index contributed by atoms with van der Waals surface area (Å²) in [6, 6.07) is 53.4. The second-order valence-corrected chi connectivity index (χ2v) is 16.8. The molecular formula is C45H31N3OS. The van der Waals surface area contributed by atoms with Gasteiger partial charge in [-0.05, 0) is 70.3 Å². The molecule has 2 aromatic heterocycles. The van der Waals surface area contributed by atoms with Gasteiger partial charge in [0.25, 0.3) is 0 Å². The van der Waals surface area contributed by atoms with Gasteiger partial charge in [0.15, 0.2) is 17.5 Å². The number of fused-ring (bicyclic) bond motifs is 7. The first kappa shape index (κ1) is 28.9. The maximum atomic E-state index is 6.28. The van der Waals surface area contributed by atoms with Crippen LogP contribution in [0.15, 0.2) is 166 Å². The molecule has 7 aromatic carbocycles. The van der Waals surface area contributed by atoms with Crippen molar-refractivity contribution in [3.8, 4) is 56.4 Å². The van der Waals surface area contributed by atoms with E-state index >= 15 is 0 Å². The van der Waals surface area contributed by atoms with Crippen LogP contribution in [0.25, 0.3) is 89.1 Å². The van der Waals surface area contributed by atoms with Crippen molar-refractivity contribution < 1.29 is 4.42 Å². The third-order valence-corrected chi connectivity index (χ3v) is 12.9. The molecule has 1 aliphatic heterocycles. The number of para-hydroxylation sites is 1. The third kappa shape index (κ3) is 4.44. The highest BCUT2D eigenvalue weighted by Crippen LogP contribution is 2.68. The Kier molecular flexibility index (Phi) is 6.36. The minimum absolute atomic E-state index is 0.612. The van der Waals surface area contributed by atoms with E-state index in [1.807, 2.05) is 18.2 Å². The highest BCUT2D eigenvalue weighted by molar-refractivity contribution is 8.33. The lowest BCUT2D eigenvalue weighted by Crippen LogP contribution is -2.01. The molecule has 1 aliphatic rings. The van der Waals surface area contributed by atoms with Gasteiger partial charge in [-0.25, -0.2) is 15.0 Å². The average molecular weight is 662 g/mol. The third-order valence-electron chi connectivity index (χ3n) is 10.0. The highest BCUT2D eigenvalue weighted by atomic mass is 32.3. The van der Waals surface area contributed by atoms with Crippen molar-refractivity contribution in [2.24, 2.45) is 0 Å². The molecule has 0 N–H and O–H groups in total. The minimum atomic E-state index is -1.19. The largest absolute Gasteiger partial charge is 0.456 e. The van der Waals surface area contributed by atoms with E-state index in [2.05, 4.69) is 146 Å². The van der Waals surface area contributed by atoms with E-state index in [-0.39, 0.29) is 0 Å². The molecule has 3 heterocycles. The SMILES string of the molecule is CS1(C)c2ccccc2-c2c(-c3nc(-c4ccc(-c5cccc6ccccc56)cc4)nc(-c4ccc5c(c4)oc4ccccc45)n3)cccc21. The lowest BCUT2D eigenvalue weighted by molar-refractivity contribution is 0.669. The molecule has 50 heavy (non-hydrogen) atoms. The van der Waals surface area contributed by atoms with Crippen LogP contribution in [-0.2, 0) is 0 Å². The van der Waals surface area contributed by atoms with Gasteiger partial charge in [0.1, 0.15) is 11.2 Å². The van der Waals surface area contributed by atoms with Gasteiger partial charge < -0.3 is 4.42 Å². The van der Waals surface area contributed by atoms with Crippen molar-refractivity contribution in [3.05, 3.63) is 152 Å². The summed E-state index contributed by atoms with van der Waals surface area (Å²) in [5.74, 6) is 1.91. The Hall–Kier alpha value is -6.04. The summed E-state index contributed by atoms with van der Waals surface area (Å²) in [6.45, 7) is 0. The van der Waals surface area contributed by atoms with Crippen LogP contribution in [0.5, 0.6) is 0 Å². The lowest BCUT2D eigenvalue weighted by Gasteiger charge is -2.28. The van der Waals surface area contributed by atoms with Crippen LogP contribution >= 0.6 is 10.0 Å². The van der Waals surface area contributed by atoms with Gasteiger partial charge in [0, 0.05) is 42.8 Å². The van der Waals surface area contributed by atoms with Crippen molar-refractivity contribution in [3.63, 3.8) is 0 Å². The Morgan fingerprint density at radius 3 is 1.88 bits per heavy atom. The monoisotopic (exact) mass is 661 g/mol. The second-order valence-electron chi connectivity index (χ2n) is 13.2. The number of hydrogen-bond donors (Lipinski definition) is 0. The van der Waals surface area contributed by atoms with Gasteiger partial charge in [0.2, 0.25) is 0 Å². The van der Waals surface area contributed by atoms with E-state index in [9.17, 15) is 0 Å². The fourth-order valence-corrected chi connectivity index (χ4v) is 10.1. The van der Waals surface area contributed by atoms with Crippen molar-refractivity contribution in [1.82, 2.24) is 15.0 Å². The Morgan fingerprint density at radius 1 is 0.420 bits per heavy atom. The number of rotatable bonds is 4. The number of aromatic nitrogens is 3. The second kappa shape index (κ2) is 11.0. The molecule has 10 rings (SSSR count). The summed E-state index contributed by atoms with van der Waals surface area (Å²) >= 11 is 0. The van der Waals surface area contributed by atoms with Crippen LogP contribution < -0.4 is 0 Å². The minimum Gasteiger partial charge on any atom is -0.456 e. The van der Waals surface area contributed by atoms with E-state index in [0.717, 1.165) is 44.2 Å². The molecule has 0 atom stereocenters. The topological polar surface area (TPSA) is 51.8 Å². The first-order valence-electron chi connectivity index (χ1n) is 16.8. The molecule has 5 heteroatoms. The van der Waals surface area contributed by atoms with Crippen molar-refractivity contribution in [2.75, 3.05) is 12.5 Å². The number of hydrogen-bond acceptors (Lipinski definition) is 4.